The molecule has 0 amide bonds. The molecule has 0 spiro atoms. The third-order valence-electron chi connectivity index (χ3n) is 8.28. The van der Waals surface area contributed by atoms with Gasteiger partial charge in [-0.2, -0.15) is 0 Å². The molecule has 0 saturated heterocycles. The molecule has 4 nitrogen and oxygen atoms in total. The van der Waals surface area contributed by atoms with Crippen LogP contribution in [0.4, 0.5) is 0 Å². The molecule has 1 atom stereocenters. The van der Waals surface area contributed by atoms with E-state index in [1.165, 1.54) is 19.3 Å². The molecule has 0 aliphatic carbocycles. The van der Waals surface area contributed by atoms with Crippen molar-refractivity contribution in [2.75, 3.05) is 19.8 Å². The standard InChI is InChI=1S/C49H78O4/c1-3-5-7-9-11-13-15-17-19-21-23-24-25-27-29-31-33-35-37-39-41-43-45-52-47-48(46-50)53-49(51)44-42-40-38-36-34-32-30-28-26-22-20-18-16-14-12-10-8-6-4-2/h5-8,11-14,17-20,23-24,26-29,33,35,48,50H,3-4,9-10,15-16,21-22,25,30-32,34,36-47H2,1-2H3/b7-5-,8-6-,13-11-,14-12-,19-17-,20-18-,24-23-,28-26-,29-27-,35-33-. The van der Waals surface area contributed by atoms with Crippen LogP contribution >= 0.6 is 0 Å². The number of esters is 1. The van der Waals surface area contributed by atoms with Crippen LogP contribution in [0.3, 0.4) is 0 Å². The van der Waals surface area contributed by atoms with E-state index in [1.54, 1.807) is 0 Å². The van der Waals surface area contributed by atoms with Gasteiger partial charge in [-0.3, -0.25) is 4.79 Å². The Morgan fingerprint density at radius 2 is 0.792 bits per heavy atom. The summed E-state index contributed by atoms with van der Waals surface area (Å²) in [6, 6.07) is 0. The Morgan fingerprint density at radius 3 is 1.19 bits per heavy atom. The van der Waals surface area contributed by atoms with Crippen LogP contribution in [-0.2, 0) is 14.3 Å². The Kier molecular flexibility index (Phi) is 42.2. The lowest BCUT2D eigenvalue weighted by molar-refractivity contribution is -0.154. The molecular formula is C49H78O4. The summed E-state index contributed by atoms with van der Waals surface area (Å²) in [5, 5.41) is 9.60. The summed E-state index contributed by atoms with van der Waals surface area (Å²) >= 11 is 0. The van der Waals surface area contributed by atoms with Gasteiger partial charge in [-0.25, -0.2) is 0 Å². The fourth-order valence-electron chi connectivity index (χ4n) is 5.20. The van der Waals surface area contributed by atoms with Gasteiger partial charge in [0.25, 0.3) is 0 Å². The summed E-state index contributed by atoms with van der Waals surface area (Å²) in [7, 11) is 0. The average molecular weight is 731 g/mol. The molecule has 0 rings (SSSR count). The van der Waals surface area contributed by atoms with Crippen LogP contribution in [-0.4, -0.2) is 37.0 Å². The van der Waals surface area contributed by atoms with Crippen molar-refractivity contribution >= 4 is 5.97 Å². The molecule has 0 aromatic carbocycles. The molecular weight excluding hydrogens is 653 g/mol. The number of hydrogen-bond donors (Lipinski definition) is 1. The highest BCUT2D eigenvalue weighted by molar-refractivity contribution is 5.69. The van der Waals surface area contributed by atoms with Crippen molar-refractivity contribution in [3.8, 4) is 0 Å². The normalized spacial score (nSPS) is 13.6. The lowest BCUT2D eigenvalue weighted by atomic mass is 10.1. The zero-order chi connectivity index (χ0) is 38.4. The van der Waals surface area contributed by atoms with Crippen LogP contribution in [0.2, 0.25) is 0 Å². The zero-order valence-corrected chi connectivity index (χ0v) is 34.0. The largest absolute Gasteiger partial charge is 0.457 e. The number of ether oxygens (including phenoxy) is 2. The molecule has 0 aromatic heterocycles. The summed E-state index contributed by atoms with van der Waals surface area (Å²) in [5.74, 6) is -0.233. The van der Waals surface area contributed by atoms with E-state index in [-0.39, 0.29) is 19.2 Å². The maximum absolute atomic E-state index is 12.2. The Balaban J connectivity index is 3.61. The first kappa shape index (κ1) is 49.8. The maximum Gasteiger partial charge on any atom is 0.306 e. The fraction of sp³-hybridized carbons (Fsp3) is 0.571. The van der Waals surface area contributed by atoms with Crippen molar-refractivity contribution in [3.05, 3.63) is 122 Å². The molecule has 1 N–H and O–H groups in total. The predicted octanol–water partition coefficient (Wildman–Crippen LogP) is 14.1. The van der Waals surface area contributed by atoms with E-state index >= 15 is 0 Å². The number of carbonyl (C=O) groups is 1. The number of rotatable bonds is 37. The highest BCUT2D eigenvalue weighted by atomic mass is 16.6. The lowest BCUT2D eigenvalue weighted by Crippen LogP contribution is -2.27. The molecule has 0 heterocycles. The number of carbonyl (C=O) groups excluding carboxylic acids is 1. The third kappa shape index (κ3) is 43.1. The second-order valence-corrected chi connectivity index (χ2v) is 13.3. The second kappa shape index (κ2) is 44.9. The monoisotopic (exact) mass is 731 g/mol. The first-order chi connectivity index (χ1) is 26.2. The highest BCUT2D eigenvalue weighted by Crippen LogP contribution is 2.11. The molecule has 0 aliphatic heterocycles. The van der Waals surface area contributed by atoms with Crippen LogP contribution < -0.4 is 0 Å². The average Bonchev–Trinajstić information content (AvgIpc) is 3.16. The van der Waals surface area contributed by atoms with E-state index < -0.39 is 6.10 Å². The fourth-order valence-corrected chi connectivity index (χ4v) is 5.20. The van der Waals surface area contributed by atoms with Crippen LogP contribution in [0.5, 0.6) is 0 Å². The Labute approximate surface area is 327 Å². The number of aliphatic hydroxyl groups is 1. The van der Waals surface area contributed by atoms with Crippen molar-refractivity contribution in [3.63, 3.8) is 0 Å². The number of allylic oxidation sites excluding steroid dienone is 20. The topological polar surface area (TPSA) is 55.8 Å². The van der Waals surface area contributed by atoms with Gasteiger partial charge < -0.3 is 14.6 Å². The molecule has 1 unspecified atom stereocenters. The lowest BCUT2D eigenvalue weighted by Gasteiger charge is -2.15. The smallest absolute Gasteiger partial charge is 0.306 e. The van der Waals surface area contributed by atoms with Crippen LogP contribution in [0.1, 0.15) is 155 Å². The highest BCUT2D eigenvalue weighted by Gasteiger charge is 2.13. The first-order valence-electron chi connectivity index (χ1n) is 21.1. The van der Waals surface area contributed by atoms with Gasteiger partial charge in [0.2, 0.25) is 0 Å². The van der Waals surface area contributed by atoms with Crippen molar-refractivity contribution < 1.29 is 19.4 Å². The van der Waals surface area contributed by atoms with Gasteiger partial charge >= 0.3 is 5.97 Å². The molecule has 0 aromatic rings. The number of aliphatic hydroxyl groups excluding tert-OH is 1. The van der Waals surface area contributed by atoms with E-state index in [0.29, 0.717) is 13.0 Å². The molecule has 53 heavy (non-hydrogen) atoms. The predicted molar refractivity (Wildman–Crippen MR) is 232 cm³/mol. The van der Waals surface area contributed by atoms with E-state index in [1.807, 2.05) is 0 Å². The van der Waals surface area contributed by atoms with E-state index in [2.05, 4.69) is 135 Å². The van der Waals surface area contributed by atoms with Gasteiger partial charge in [0.1, 0.15) is 6.10 Å². The van der Waals surface area contributed by atoms with E-state index in [0.717, 1.165) is 116 Å². The number of unbranched alkanes of at least 4 members (excludes halogenated alkanes) is 9. The molecule has 4 heteroatoms. The van der Waals surface area contributed by atoms with Gasteiger partial charge in [-0.1, -0.05) is 167 Å². The van der Waals surface area contributed by atoms with Crippen LogP contribution in [0.15, 0.2) is 122 Å². The summed E-state index contributed by atoms with van der Waals surface area (Å²) in [5.41, 5.74) is 0. The minimum absolute atomic E-state index is 0.201. The maximum atomic E-state index is 12.2. The molecule has 0 radical (unpaired) electrons. The third-order valence-corrected chi connectivity index (χ3v) is 8.28. The molecule has 0 bridgehead atoms. The van der Waals surface area contributed by atoms with Gasteiger partial charge in [0.05, 0.1) is 13.2 Å². The van der Waals surface area contributed by atoms with E-state index in [9.17, 15) is 9.90 Å². The first-order valence-corrected chi connectivity index (χ1v) is 21.1. The van der Waals surface area contributed by atoms with Crippen molar-refractivity contribution in [2.45, 2.75) is 161 Å². The minimum Gasteiger partial charge on any atom is -0.457 e. The minimum atomic E-state index is -0.570. The second-order valence-electron chi connectivity index (χ2n) is 13.3. The zero-order valence-electron chi connectivity index (χ0n) is 34.0. The van der Waals surface area contributed by atoms with Crippen molar-refractivity contribution in [1.82, 2.24) is 0 Å². The summed E-state index contributed by atoms with van der Waals surface area (Å²) in [6.07, 6.45) is 66.8. The Morgan fingerprint density at radius 1 is 0.453 bits per heavy atom. The van der Waals surface area contributed by atoms with E-state index in [4.69, 9.17) is 9.47 Å². The Hall–Kier alpha value is -3.21. The van der Waals surface area contributed by atoms with Gasteiger partial charge in [0.15, 0.2) is 0 Å². The number of hydrogen-bond acceptors (Lipinski definition) is 4. The molecule has 0 aliphatic rings. The SMILES string of the molecule is CC/C=C\C/C=C\C/C=C\C/C=C\C/C=C\C/C=C\CCCCCOCC(CO)OC(=O)CCCCCCCC/C=C\C/C=C\C/C=C\C/C=C\CC. The summed E-state index contributed by atoms with van der Waals surface area (Å²) in [4.78, 5) is 12.2. The van der Waals surface area contributed by atoms with Crippen LogP contribution in [0.25, 0.3) is 0 Å². The van der Waals surface area contributed by atoms with Crippen molar-refractivity contribution in [2.24, 2.45) is 0 Å². The summed E-state index contributed by atoms with van der Waals surface area (Å²) in [6.45, 7) is 5.00. The van der Waals surface area contributed by atoms with Crippen molar-refractivity contribution in [1.29, 1.82) is 0 Å². The molecule has 0 saturated carbocycles. The summed E-state index contributed by atoms with van der Waals surface area (Å²) < 4.78 is 11.1. The molecule has 298 valence electrons. The van der Waals surface area contributed by atoms with Gasteiger partial charge in [0, 0.05) is 13.0 Å². The van der Waals surface area contributed by atoms with Crippen LogP contribution in [0, 0.1) is 0 Å². The quantitative estimate of drug-likeness (QED) is 0.0393. The van der Waals surface area contributed by atoms with Gasteiger partial charge in [-0.05, 0) is 103 Å². The van der Waals surface area contributed by atoms with Gasteiger partial charge in [-0.15, -0.1) is 0 Å². The molecule has 0 fully saturated rings. The Bertz CT molecular complexity index is 1080.